The molecule has 2 rings (SSSR count). The van der Waals surface area contributed by atoms with Gasteiger partial charge >= 0.3 is 0 Å². The summed E-state index contributed by atoms with van der Waals surface area (Å²) in [6, 6.07) is 13.1. The Morgan fingerprint density at radius 1 is 0.905 bits per heavy atom. The smallest absolute Gasteiger partial charge is 0.161 e. The lowest BCUT2D eigenvalue weighted by atomic mass is 10.3. The summed E-state index contributed by atoms with van der Waals surface area (Å²) in [4.78, 5) is 0. The number of benzene rings is 2. The number of nitrogens with two attached hydrogens (primary N) is 1. The minimum Gasteiger partial charge on any atom is -0.490 e. The lowest BCUT2D eigenvalue weighted by molar-refractivity contribution is 0.209. The number of ether oxygens (including phenoxy) is 3. The van der Waals surface area contributed by atoms with Crippen molar-refractivity contribution in [3.05, 3.63) is 46.9 Å². The standard InChI is InChI=1S/C16H18BrNO3/c1-2-19-15-5-3-4-6-16(15)21-10-9-20-14-8-7-12(17)11-13(14)18/h3-8,11H,2,9-10,18H2,1H3. The van der Waals surface area contributed by atoms with E-state index < -0.39 is 0 Å². The first kappa shape index (κ1) is 15.5. The molecule has 21 heavy (non-hydrogen) atoms. The fraction of sp³-hybridized carbons (Fsp3) is 0.250. The van der Waals surface area contributed by atoms with E-state index in [0.29, 0.717) is 37.0 Å². The molecule has 0 radical (unpaired) electrons. The molecule has 0 aliphatic heterocycles. The van der Waals surface area contributed by atoms with E-state index in [-0.39, 0.29) is 0 Å². The van der Waals surface area contributed by atoms with Gasteiger partial charge < -0.3 is 19.9 Å². The molecule has 0 saturated carbocycles. The zero-order chi connectivity index (χ0) is 15.1. The van der Waals surface area contributed by atoms with Gasteiger partial charge in [0.25, 0.3) is 0 Å². The summed E-state index contributed by atoms with van der Waals surface area (Å²) in [7, 11) is 0. The summed E-state index contributed by atoms with van der Waals surface area (Å²) >= 11 is 3.36. The summed E-state index contributed by atoms with van der Waals surface area (Å²) in [6.07, 6.45) is 0. The van der Waals surface area contributed by atoms with Crippen molar-refractivity contribution in [2.45, 2.75) is 6.92 Å². The second kappa shape index (κ2) is 7.78. The van der Waals surface area contributed by atoms with E-state index in [4.69, 9.17) is 19.9 Å². The maximum atomic E-state index is 5.86. The van der Waals surface area contributed by atoms with Gasteiger partial charge in [-0.15, -0.1) is 0 Å². The third-order valence-corrected chi connectivity index (χ3v) is 3.21. The summed E-state index contributed by atoms with van der Waals surface area (Å²) in [6.45, 7) is 3.37. The maximum absolute atomic E-state index is 5.86. The third kappa shape index (κ3) is 4.56. The molecule has 4 nitrogen and oxygen atoms in total. The zero-order valence-corrected chi connectivity index (χ0v) is 13.4. The van der Waals surface area contributed by atoms with Crippen LogP contribution in [0.15, 0.2) is 46.9 Å². The van der Waals surface area contributed by atoms with E-state index in [1.807, 2.05) is 43.3 Å². The summed E-state index contributed by atoms with van der Waals surface area (Å²) < 4.78 is 17.7. The van der Waals surface area contributed by atoms with E-state index in [1.54, 1.807) is 6.07 Å². The molecule has 5 heteroatoms. The molecule has 0 aliphatic rings. The first-order valence-electron chi connectivity index (χ1n) is 6.73. The second-order valence-electron chi connectivity index (χ2n) is 4.26. The van der Waals surface area contributed by atoms with Crippen LogP contribution in [-0.2, 0) is 0 Å². The lowest BCUT2D eigenvalue weighted by Gasteiger charge is -2.13. The molecule has 0 fully saturated rings. The summed E-state index contributed by atoms with van der Waals surface area (Å²) in [5.74, 6) is 2.11. The number of nitrogen functional groups attached to an aromatic ring is 1. The fourth-order valence-corrected chi connectivity index (χ4v) is 2.18. The lowest BCUT2D eigenvalue weighted by Crippen LogP contribution is -2.10. The monoisotopic (exact) mass is 351 g/mol. The Balaban J connectivity index is 1.84. The highest BCUT2D eigenvalue weighted by Gasteiger charge is 2.04. The quantitative estimate of drug-likeness (QED) is 0.607. The number of halogens is 1. The SMILES string of the molecule is CCOc1ccccc1OCCOc1ccc(Br)cc1N. The minimum absolute atomic E-state index is 0.409. The van der Waals surface area contributed by atoms with Crippen molar-refractivity contribution in [2.24, 2.45) is 0 Å². The van der Waals surface area contributed by atoms with Crippen LogP contribution in [0.25, 0.3) is 0 Å². The Morgan fingerprint density at radius 2 is 1.52 bits per heavy atom. The molecule has 0 bridgehead atoms. The van der Waals surface area contributed by atoms with Crippen molar-refractivity contribution >= 4 is 21.6 Å². The molecule has 0 aliphatic carbocycles. The Bertz CT molecular complexity index is 589. The van der Waals surface area contributed by atoms with Crippen LogP contribution in [0.5, 0.6) is 17.2 Å². The Morgan fingerprint density at radius 3 is 2.14 bits per heavy atom. The van der Waals surface area contributed by atoms with Crippen LogP contribution in [-0.4, -0.2) is 19.8 Å². The number of rotatable bonds is 7. The normalized spacial score (nSPS) is 10.2. The van der Waals surface area contributed by atoms with Crippen LogP contribution < -0.4 is 19.9 Å². The van der Waals surface area contributed by atoms with Gasteiger partial charge in [-0.3, -0.25) is 0 Å². The number of anilines is 1. The van der Waals surface area contributed by atoms with Gasteiger partial charge in [-0.05, 0) is 37.3 Å². The van der Waals surface area contributed by atoms with Crippen molar-refractivity contribution in [1.82, 2.24) is 0 Å². The Hall–Kier alpha value is -1.88. The molecule has 2 aromatic rings. The van der Waals surface area contributed by atoms with Crippen LogP contribution in [0, 0.1) is 0 Å². The molecule has 112 valence electrons. The predicted molar refractivity (Wildman–Crippen MR) is 87.2 cm³/mol. The number of hydrogen-bond donors (Lipinski definition) is 1. The van der Waals surface area contributed by atoms with Gasteiger partial charge in [0.2, 0.25) is 0 Å². The number of para-hydroxylation sites is 2. The predicted octanol–water partition coefficient (Wildman–Crippen LogP) is 3.89. The van der Waals surface area contributed by atoms with Gasteiger partial charge in [-0.1, -0.05) is 28.1 Å². The van der Waals surface area contributed by atoms with E-state index in [0.717, 1.165) is 10.2 Å². The first-order valence-corrected chi connectivity index (χ1v) is 7.52. The van der Waals surface area contributed by atoms with Crippen molar-refractivity contribution in [3.8, 4) is 17.2 Å². The van der Waals surface area contributed by atoms with Crippen molar-refractivity contribution in [2.75, 3.05) is 25.6 Å². The fourth-order valence-electron chi connectivity index (χ4n) is 1.80. The van der Waals surface area contributed by atoms with Gasteiger partial charge in [-0.2, -0.15) is 0 Å². The zero-order valence-electron chi connectivity index (χ0n) is 11.8. The van der Waals surface area contributed by atoms with Crippen LogP contribution in [0.1, 0.15) is 6.92 Å². The highest BCUT2D eigenvalue weighted by Crippen LogP contribution is 2.27. The molecule has 2 N–H and O–H groups in total. The average molecular weight is 352 g/mol. The average Bonchev–Trinajstić information content (AvgIpc) is 2.47. The van der Waals surface area contributed by atoms with Gasteiger partial charge in [0.15, 0.2) is 11.5 Å². The maximum Gasteiger partial charge on any atom is 0.161 e. The molecule has 2 aromatic carbocycles. The van der Waals surface area contributed by atoms with Gasteiger partial charge in [0.05, 0.1) is 12.3 Å². The van der Waals surface area contributed by atoms with Crippen molar-refractivity contribution in [1.29, 1.82) is 0 Å². The molecule has 0 atom stereocenters. The Labute approximate surface area is 132 Å². The highest BCUT2D eigenvalue weighted by atomic mass is 79.9. The van der Waals surface area contributed by atoms with E-state index >= 15 is 0 Å². The summed E-state index contributed by atoms with van der Waals surface area (Å²) in [5.41, 5.74) is 6.46. The third-order valence-electron chi connectivity index (χ3n) is 2.72. The van der Waals surface area contributed by atoms with Crippen LogP contribution >= 0.6 is 15.9 Å². The van der Waals surface area contributed by atoms with Gasteiger partial charge in [-0.25, -0.2) is 0 Å². The highest BCUT2D eigenvalue weighted by molar-refractivity contribution is 9.10. The molecule has 0 saturated heterocycles. The van der Waals surface area contributed by atoms with Gasteiger partial charge in [0.1, 0.15) is 19.0 Å². The van der Waals surface area contributed by atoms with Crippen LogP contribution in [0.4, 0.5) is 5.69 Å². The molecule has 0 amide bonds. The van der Waals surface area contributed by atoms with Crippen LogP contribution in [0.3, 0.4) is 0 Å². The first-order chi connectivity index (χ1) is 10.2. The van der Waals surface area contributed by atoms with E-state index in [9.17, 15) is 0 Å². The van der Waals surface area contributed by atoms with E-state index in [1.165, 1.54) is 0 Å². The van der Waals surface area contributed by atoms with E-state index in [2.05, 4.69) is 15.9 Å². The topological polar surface area (TPSA) is 53.7 Å². The largest absolute Gasteiger partial charge is 0.490 e. The Kier molecular flexibility index (Phi) is 5.75. The summed E-state index contributed by atoms with van der Waals surface area (Å²) in [5, 5.41) is 0. The second-order valence-corrected chi connectivity index (χ2v) is 5.17. The van der Waals surface area contributed by atoms with Gasteiger partial charge in [0, 0.05) is 4.47 Å². The minimum atomic E-state index is 0.409. The van der Waals surface area contributed by atoms with Crippen molar-refractivity contribution in [3.63, 3.8) is 0 Å². The molecule has 0 unspecified atom stereocenters. The molecule has 0 heterocycles. The number of hydrogen-bond acceptors (Lipinski definition) is 4. The molecular weight excluding hydrogens is 334 g/mol. The molecule has 0 spiro atoms. The molecular formula is C16H18BrNO3. The molecule has 0 aromatic heterocycles. The van der Waals surface area contributed by atoms with Crippen molar-refractivity contribution < 1.29 is 14.2 Å². The van der Waals surface area contributed by atoms with Crippen LogP contribution in [0.2, 0.25) is 0 Å².